The molecule has 1 aromatic heterocycles. The van der Waals surface area contributed by atoms with Crippen molar-refractivity contribution in [1.82, 2.24) is 0 Å². The molecule has 0 aliphatic carbocycles. The Morgan fingerprint density at radius 1 is 0.944 bits per heavy atom. The van der Waals surface area contributed by atoms with E-state index in [1.54, 1.807) is 36.4 Å². The molecule has 0 saturated carbocycles. The number of ketones is 1. The van der Waals surface area contributed by atoms with Gasteiger partial charge < -0.3 is 19.6 Å². The second kappa shape index (κ2) is 10.1. The van der Waals surface area contributed by atoms with Crippen LogP contribution in [0.2, 0.25) is 0 Å². The van der Waals surface area contributed by atoms with Gasteiger partial charge in [-0.15, -0.1) is 0 Å². The summed E-state index contributed by atoms with van der Waals surface area (Å²) in [5, 5.41) is 12.9. The largest absolute Gasteiger partial charge is 0.490 e. The number of rotatable bonds is 9. The first-order chi connectivity index (χ1) is 17.2. The van der Waals surface area contributed by atoms with Gasteiger partial charge in [0, 0.05) is 23.1 Å². The van der Waals surface area contributed by atoms with Gasteiger partial charge >= 0.3 is 5.97 Å². The van der Waals surface area contributed by atoms with Crippen LogP contribution in [0.5, 0.6) is 5.75 Å². The van der Waals surface area contributed by atoms with E-state index in [9.17, 15) is 19.5 Å². The van der Waals surface area contributed by atoms with Crippen molar-refractivity contribution in [2.75, 3.05) is 11.9 Å². The molecule has 0 fully saturated rings. The number of furan rings is 1. The van der Waals surface area contributed by atoms with Crippen molar-refractivity contribution in [2.24, 2.45) is 5.41 Å². The minimum Gasteiger partial charge on any atom is -0.490 e. The number of carboxylic acid groups (broad SMARTS) is 1. The first kappa shape index (κ1) is 24.7. The summed E-state index contributed by atoms with van der Waals surface area (Å²) in [5.41, 5.74) is 2.29. The molecular weight excluding hydrogens is 458 g/mol. The molecule has 0 bridgehead atoms. The molecule has 0 atom stereocenters. The number of aliphatic carboxylic acids is 1. The van der Waals surface area contributed by atoms with E-state index in [0.717, 1.165) is 16.5 Å². The summed E-state index contributed by atoms with van der Waals surface area (Å²) < 4.78 is 11.3. The summed E-state index contributed by atoms with van der Waals surface area (Å²) in [6, 6.07) is 21.5. The number of fused-ring (bicyclic) bond motifs is 1. The number of anilines is 1. The van der Waals surface area contributed by atoms with Crippen LogP contribution >= 0.6 is 0 Å². The van der Waals surface area contributed by atoms with Gasteiger partial charge in [-0.05, 0) is 56.2 Å². The third-order valence-corrected chi connectivity index (χ3v) is 5.90. The van der Waals surface area contributed by atoms with Gasteiger partial charge in [-0.3, -0.25) is 14.4 Å². The molecule has 0 unspecified atom stereocenters. The molecule has 0 aliphatic rings. The number of para-hydroxylation sites is 1. The lowest BCUT2D eigenvalue weighted by Crippen LogP contribution is -2.26. The molecule has 4 rings (SSSR count). The molecule has 0 radical (unpaired) electrons. The number of Topliss-reactive ketones (excluding diaryl/α,β-unsaturated/α-hetero) is 1. The normalized spacial score (nSPS) is 11.3. The van der Waals surface area contributed by atoms with E-state index in [0.29, 0.717) is 29.2 Å². The zero-order valence-electron chi connectivity index (χ0n) is 20.3. The van der Waals surface area contributed by atoms with Crippen LogP contribution < -0.4 is 10.1 Å². The summed E-state index contributed by atoms with van der Waals surface area (Å²) in [6.07, 6.45) is -0.0752. The SMILES string of the molecule is CCOc1cccc2cc(C(=O)Nc3ccc(-c4ccc(C(=O)CC(C)(C)C(=O)O)cc4)cc3)oc12. The first-order valence-electron chi connectivity index (χ1n) is 11.6. The highest BCUT2D eigenvalue weighted by molar-refractivity contribution is 6.05. The molecule has 1 amide bonds. The van der Waals surface area contributed by atoms with Crippen LogP contribution in [0.4, 0.5) is 5.69 Å². The number of hydrogen-bond donors (Lipinski definition) is 2. The monoisotopic (exact) mass is 485 g/mol. The van der Waals surface area contributed by atoms with Gasteiger partial charge in [0.25, 0.3) is 5.91 Å². The van der Waals surface area contributed by atoms with E-state index >= 15 is 0 Å². The van der Waals surface area contributed by atoms with Crippen LogP contribution in [-0.4, -0.2) is 29.4 Å². The number of benzene rings is 3. The molecule has 0 spiro atoms. The van der Waals surface area contributed by atoms with Gasteiger partial charge in [0.1, 0.15) is 0 Å². The standard InChI is InChI=1S/C29H27NO6/c1-4-35-24-7-5-6-21-16-25(36-26(21)24)27(32)30-22-14-12-19(13-15-22)18-8-10-20(11-9-18)23(31)17-29(2,3)28(33)34/h5-16H,4,17H2,1-3H3,(H,30,32)(H,33,34). The minimum atomic E-state index is -1.12. The number of carbonyl (C=O) groups excluding carboxylic acids is 2. The fourth-order valence-electron chi connectivity index (χ4n) is 3.78. The number of carboxylic acids is 1. The Hall–Kier alpha value is -4.39. The molecule has 4 aromatic rings. The highest BCUT2D eigenvalue weighted by Gasteiger charge is 2.30. The predicted octanol–water partition coefficient (Wildman–Crippen LogP) is 6.43. The maximum Gasteiger partial charge on any atom is 0.309 e. The van der Waals surface area contributed by atoms with Crippen molar-refractivity contribution in [1.29, 1.82) is 0 Å². The maximum atomic E-state index is 12.7. The fourth-order valence-corrected chi connectivity index (χ4v) is 3.78. The van der Waals surface area contributed by atoms with Crippen LogP contribution in [0.25, 0.3) is 22.1 Å². The highest BCUT2D eigenvalue weighted by Crippen LogP contribution is 2.30. The third-order valence-electron chi connectivity index (χ3n) is 5.90. The molecule has 36 heavy (non-hydrogen) atoms. The Kier molecular flexibility index (Phi) is 6.92. The molecule has 1 heterocycles. The quantitative estimate of drug-likeness (QED) is 0.265. The van der Waals surface area contributed by atoms with E-state index < -0.39 is 11.4 Å². The summed E-state index contributed by atoms with van der Waals surface area (Å²) in [6.45, 7) is 5.45. The van der Waals surface area contributed by atoms with Crippen LogP contribution in [0, 0.1) is 5.41 Å². The van der Waals surface area contributed by atoms with Crippen LogP contribution in [0.1, 0.15) is 48.1 Å². The minimum absolute atomic E-state index is 0.0752. The molecule has 184 valence electrons. The number of ether oxygens (including phenoxy) is 1. The van der Waals surface area contributed by atoms with E-state index in [4.69, 9.17) is 9.15 Å². The maximum absolute atomic E-state index is 12.7. The van der Waals surface area contributed by atoms with Crippen molar-refractivity contribution in [3.63, 3.8) is 0 Å². The van der Waals surface area contributed by atoms with Gasteiger partial charge in [0.15, 0.2) is 22.9 Å². The summed E-state index contributed by atoms with van der Waals surface area (Å²) in [5.74, 6) is -0.806. The molecule has 7 heteroatoms. The van der Waals surface area contributed by atoms with Crippen LogP contribution in [0.3, 0.4) is 0 Å². The zero-order valence-corrected chi connectivity index (χ0v) is 20.3. The smallest absolute Gasteiger partial charge is 0.309 e. The van der Waals surface area contributed by atoms with E-state index in [1.165, 1.54) is 13.8 Å². The van der Waals surface area contributed by atoms with E-state index in [2.05, 4.69) is 5.32 Å². The first-order valence-corrected chi connectivity index (χ1v) is 11.6. The summed E-state index contributed by atoms with van der Waals surface area (Å²) >= 11 is 0. The van der Waals surface area contributed by atoms with E-state index in [1.807, 2.05) is 43.3 Å². The van der Waals surface area contributed by atoms with Gasteiger partial charge in [0.2, 0.25) is 0 Å². The lowest BCUT2D eigenvalue weighted by atomic mass is 9.85. The number of nitrogens with one attached hydrogen (secondary N) is 1. The lowest BCUT2D eigenvalue weighted by molar-refractivity contribution is -0.146. The summed E-state index contributed by atoms with van der Waals surface area (Å²) in [4.78, 5) is 36.5. The highest BCUT2D eigenvalue weighted by atomic mass is 16.5. The zero-order chi connectivity index (χ0) is 25.9. The molecule has 0 saturated heterocycles. The van der Waals surface area contributed by atoms with Gasteiger partial charge in [-0.25, -0.2) is 0 Å². The van der Waals surface area contributed by atoms with Gasteiger partial charge in [-0.2, -0.15) is 0 Å². The van der Waals surface area contributed by atoms with Gasteiger partial charge in [-0.1, -0.05) is 48.5 Å². The molecule has 3 aromatic carbocycles. The average Bonchev–Trinajstić information content (AvgIpc) is 3.30. The fraction of sp³-hybridized carbons (Fsp3) is 0.207. The summed E-state index contributed by atoms with van der Waals surface area (Å²) in [7, 11) is 0. The molecule has 7 nitrogen and oxygen atoms in total. The lowest BCUT2D eigenvalue weighted by Gasteiger charge is -2.17. The van der Waals surface area contributed by atoms with Crippen molar-refractivity contribution in [3.8, 4) is 16.9 Å². The number of carbonyl (C=O) groups is 3. The second-order valence-corrected chi connectivity index (χ2v) is 9.12. The van der Waals surface area contributed by atoms with Crippen molar-refractivity contribution < 1.29 is 28.6 Å². The van der Waals surface area contributed by atoms with Crippen molar-refractivity contribution in [2.45, 2.75) is 27.2 Å². The molecular formula is C29H27NO6. The predicted molar refractivity (Wildman–Crippen MR) is 138 cm³/mol. The Labute approximate surface area is 208 Å². The number of hydrogen-bond acceptors (Lipinski definition) is 5. The van der Waals surface area contributed by atoms with E-state index in [-0.39, 0.29) is 23.9 Å². The average molecular weight is 486 g/mol. The second-order valence-electron chi connectivity index (χ2n) is 9.12. The van der Waals surface area contributed by atoms with Crippen molar-refractivity contribution >= 4 is 34.3 Å². The van der Waals surface area contributed by atoms with Gasteiger partial charge in [0.05, 0.1) is 12.0 Å². The molecule has 2 N–H and O–H groups in total. The Bertz CT molecular complexity index is 1410. The van der Waals surface area contributed by atoms with Crippen LogP contribution in [0.15, 0.2) is 77.2 Å². The third kappa shape index (κ3) is 5.30. The topological polar surface area (TPSA) is 106 Å². The van der Waals surface area contributed by atoms with Crippen molar-refractivity contribution in [3.05, 3.63) is 84.1 Å². The Morgan fingerprint density at radius 3 is 2.19 bits per heavy atom. The number of amides is 1. The Morgan fingerprint density at radius 2 is 1.58 bits per heavy atom. The van der Waals surface area contributed by atoms with Crippen LogP contribution in [-0.2, 0) is 4.79 Å². The molecule has 0 aliphatic heterocycles. The Balaban J connectivity index is 1.43.